The third-order valence-corrected chi connectivity index (χ3v) is 2.32. The molecule has 2 aromatic rings. The number of fused-ring (bicyclic) bond motifs is 1. The number of nitrogens with two attached hydrogens (primary N) is 1. The molecule has 0 aliphatic carbocycles. The van der Waals surface area contributed by atoms with Crippen LogP contribution >= 0.6 is 0 Å². The molecule has 6 heteroatoms. The molecule has 1 aromatic carbocycles. The van der Waals surface area contributed by atoms with Crippen molar-refractivity contribution in [1.82, 2.24) is 4.57 Å². The van der Waals surface area contributed by atoms with Gasteiger partial charge in [-0.3, -0.25) is 9.36 Å². The van der Waals surface area contributed by atoms with E-state index in [1.54, 1.807) is 24.3 Å². The van der Waals surface area contributed by atoms with Crippen LogP contribution < -0.4 is 5.73 Å². The summed E-state index contributed by atoms with van der Waals surface area (Å²) in [6, 6.07) is 6.70. The SMILES string of the molecule is NC(=O)Cn1c(O)c2ccccc2c1N=O. The minimum absolute atomic E-state index is 0.00639. The number of hydrogen-bond donors (Lipinski definition) is 2. The Morgan fingerprint density at radius 1 is 1.38 bits per heavy atom. The van der Waals surface area contributed by atoms with E-state index in [-0.39, 0.29) is 18.2 Å². The largest absolute Gasteiger partial charge is 0.494 e. The zero-order valence-corrected chi connectivity index (χ0v) is 8.25. The zero-order chi connectivity index (χ0) is 11.7. The van der Waals surface area contributed by atoms with Crippen molar-refractivity contribution in [3.63, 3.8) is 0 Å². The van der Waals surface area contributed by atoms with Crippen molar-refractivity contribution >= 4 is 22.5 Å². The molecule has 16 heavy (non-hydrogen) atoms. The first-order valence-electron chi connectivity index (χ1n) is 4.57. The number of primary amides is 1. The number of amides is 1. The third-order valence-electron chi connectivity index (χ3n) is 2.32. The number of nitroso groups, excluding NO2 is 1. The molecule has 3 N–H and O–H groups in total. The number of benzene rings is 1. The fourth-order valence-electron chi connectivity index (χ4n) is 1.67. The van der Waals surface area contributed by atoms with E-state index in [2.05, 4.69) is 5.18 Å². The van der Waals surface area contributed by atoms with Gasteiger partial charge in [-0.05, 0) is 11.2 Å². The first kappa shape index (κ1) is 10.2. The van der Waals surface area contributed by atoms with Crippen molar-refractivity contribution in [3.8, 4) is 5.88 Å². The molecule has 0 spiro atoms. The van der Waals surface area contributed by atoms with Crippen LogP contribution in [0.1, 0.15) is 0 Å². The zero-order valence-electron chi connectivity index (χ0n) is 8.25. The van der Waals surface area contributed by atoms with Crippen LogP contribution in [0.4, 0.5) is 5.82 Å². The molecular formula is C10H9N3O3. The summed E-state index contributed by atoms with van der Waals surface area (Å²) in [5.74, 6) is -0.823. The van der Waals surface area contributed by atoms with E-state index in [1.807, 2.05) is 0 Å². The molecule has 0 unspecified atom stereocenters. The lowest BCUT2D eigenvalue weighted by Crippen LogP contribution is -2.18. The highest BCUT2D eigenvalue weighted by atomic mass is 16.3. The first-order chi connectivity index (χ1) is 7.65. The molecule has 0 atom stereocenters. The average molecular weight is 219 g/mol. The summed E-state index contributed by atoms with van der Waals surface area (Å²) >= 11 is 0. The topological polar surface area (TPSA) is 97.7 Å². The molecular weight excluding hydrogens is 210 g/mol. The van der Waals surface area contributed by atoms with Crippen molar-refractivity contribution in [3.05, 3.63) is 29.2 Å². The second kappa shape index (κ2) is 3.65. The molecule has 0 aliphatic rings. The van der Waals surface area contributed by atoms with Crippen LogP contribution in [0.5, 0.6) is 5.88 Å². The van der Waals surface area contributed by atoms with Crippen molar-refractivity contribution in [2.45, 2.75) is 6.54 Å². The summed E-state index contributed by atoms with van der Waals surface area (Å²) in [6.07, 6.45) is 0. The smallest absolute Gasteiger partial charge is 0.237 e. The Bertz CT molecular complexity index is 574. The number of nitrogens with zero attached hydrogens (tertiary/aromatic N) is 2. The fourth-order valence-corrected chi connectivity index (χ4v) is 1.67. The standard InChI is InChI=1S/C10H9N3O3/c11-8(14)5-13-9(12-16)6-3-1-2-4-7(6)10(13)15/h1-4,15H,5H2,(H2,11,14). The highest BCUT2D eigenvalue weighted by molar-refractivity contribution is 5.97. The maximum absolute atomic E-state index is 10.8. The molecule has 1 amide bonds. The van der Waals surface area contributed by atoms with Gasteiger partial charge < -0.3 is 10.8 Å². The molecule has 0 bridgehead atoms. The molecule has 2 rings (SSSR count). The Labute approximate surface area is 90.3 Å². The second-order valence-electron chi connectivity index (χ2n) is 3.34. The maximum Gasteiger partial charge on any atom is 0.237 e. The van der Waals surface area contributed by atoms with Gasteiger partial charge in [0.15, 0.2) is 5.82 Å². The van der Waals surface area contributed by atoms with Crippen LogP contribution in [-0.2, 0) is 11.3 Å². The van der Waals surface area contributed by atoms with Gasteiger partial charge in [0.2, 0.25) is 11.8 Å². The lowest BCUT2D eigenvalue weighted by atomic mass is 10.2. The molecule has 0 saturated heterocycles. The highest BCUT2D eigenvalue weighted by Crippen LogP contribution is 2.36. The molecule has 0 fully saturated rings. The Balaban J connectivity index is 2.76. The van der Waals surface area contributed by atoms with Gasteiger partial charge in [0.25, 0.3) is 0 Å². The van der Waals surface area contributed by atoms with E-state index in [4.69, 9.17) is 5.73 Å². The van der Waals surface area contributed by atoms with E-state index in [9.17, 15) is 14.8 Å². The Hall–Kier alpha value is -2.37. The molecule has 6 nitrogen and oxygen atoms in total. The maximum atomic E-state index is 10.8. The van der Waals surface area contributed by atoms with Crippen molar-refractivity contribution in [2.75, 3.05) is 0 Å². The summed E-state index contributed by atoms with van der Waals surface area (Å²) in [4.78, 5) is 21.5. The number of hydrogen-bond acceptors (Lipinski definition) is 4. The lowest BCUT2D eigenvalue weighted by Gasteiger charge is -2.01. The average Bonchev–Trinajstić information content (AvgIpc) is 2.52. The minimum atomic E-state index is -0.652. The predicted molar refractivity (Wildman–Crippen MR) is 58.3 cm³/mol. The van der Waals surface area contributed by atoms with E-state index >= 15 is 0 Å². The van der Waals surface area contributed by atoms with Gasteiger partial charge in [-0.1, -0.05) is 18.2 Å². The quantitative estimate of drug-likeness (QED) is 0.759. The van der Waals surface area contributed by atoms with Crippen LogP contribution in [0, 0.1) is 4.91 Å². The number of rotatable bonds is 3. The van der Waals surface area contributed by atoms with E-state index < -0.39 is 5.91 Å². The van der Waals surface area contributed by atoms with E-state index in [0.29, 0.717) is 10.8 Å². The fraction of sp³-hybridized carbons (Fsp3) is 0.100. The molecule has 82 valence electrons. The van der Waals surface area contributed by atoms with Crippen LogP contribution in [0.3, 0.4) is 0 Å². The lowest BCUT2D eigenvalue weighted by molar-refractivity contribution is -0.118. The Morgan fingerprint density at radius 3 is 2.56 bits per heavy atom. The van der Waals surface area contributed by atoms with Gasteiger partial charge in [-0.15, -0.1) is 4.91 Å². The minimum Gasteiger partial charge on any atom is -0.494 e. The van der Waals surface area contributed by atoms with Gasteiger partial charge in [-0.2, -0.15) is 0 Å². The monoisotopic (exact) mass is 219 g/mol. The van der Waals surface area contributed by atoms with Crippen LogP contribution in [-0.4, -0.2) is 15.6 Å². The number of aromatic nitrogens is 1. The summed E-state index contributed by atoms with van der Waals surface area (Å²) in [6.45, 7) is -0.276. The molecule has 1 aromatic heterocycles. The summed E-state index contributed by atoms with van der Waals surface area (Å²) in [5.41, 5.74) is 5.02. The summed E-state index contributed by atoms with van der Waals surface area (Å²) in [5, 5.41) is 13.6. The van der Waals surface area contributed by atoms with Gasteiger partial charge in [0.05, 0.1) is 0 Å². The summed E-state index contributed by atoms with van der Waals surface area (Å²) in [7, 11) is 0. The summed E-state index contributed by atoms with van der Waals surface area (Å²) < 4.78 is 1.10. The molecule has 0 saturated carbocycles. The predicted octanol–water partition coefficient (Wildman–Crippen LogP) is 1.23. The van der Waals surface area contributed by atoms with Gasteiger partial charge >= 0.3 is 0 Å². The molecule has 1 heterocycles. The molecule has 0 aliphatic heterocycles. The van der Waals surface area contributed by atoms with Gasteiger partial charge in [-0.25, -0.2) is 0 Å². The number of aromatic hydroxyl groups is 1. The van der Waals surface area contributed by atoms with Crippen molar-refractivity contribution in [2.24, 2.45) is 10.9 Å². The van der Waals surface area contributed by atoms with E-state index in [0.717, 1.165) is 4.57 Å². The third kappa shape index (κ3) is 1.40. The highest BCUT2D eigenvalue weighted by Gasteiger charge is 2.17. The van der Waals surface area contributed by atoms with E-state index in [1.165, 1.54) is 0 Å². The van der Waals surface area contributed by atoms with Crippen molar-refractivity contribution < 1.29 is 9.90 Å². The van der Waals surface area contributed by atoms with Gasteiger partial charge in [0.1, 0.15) is 6.54 Å². The van der Waals surface area contributed by atoms with Gasteiger partial charge in [0, 0.05) is 10.8 Å². The second-order valence-corrected chi connectivity index (χ2v) is 3.34. The number of carbonyl (C=O) groups is 1. The number of carbonyl (C=O) groups excluding carboxylic acids is 1. The van der Waals surface area contributed by atoms with Crippen LogP contribution in [0.2, 0.25) is 0 Å². The normalized spacial score (nSPS) is 10.5. The Morgan fingerprint density at radius 2 is 2.00 bits per heavy atom. The Kier molecular flexibility index (Phi) is 2.32. The first-order valence-corrected chi connectivity index (χ1v) is 4.57. The van der Waals surface area contributed by atoms with Crippen LogP contribution in [0.15, 0.2) is 29.4 Å². The van der Waals surface area contributed by atoms with Crippen LogP contribution in [0.25, 0.3) is 10.8 Å². The molecule has 0 radical (unpaired) electrons. The van der Waals surface area contributed by atoms with Crippen molar-refractivity contribution in [1.29, 1.82) is 0 Å².